The average Bonchev–Trinajstić information content (AvgIpc) is 3.27. The predicted octanol–water partition coefficient (Wildman–Crippen LogP) is 4.07. The number of nitrogens with zero attached hydrogens (tertiary/aromatic N) is 4. The van der Waals surface area contributed by atoms with Crippen molar-refractivity contribution in [1.29, 1.82) is 5.26 Å². The second-order valence-corrected chi connectivity index (χ2v) is 8.58. The third-order valence-electron chi connectivity index (χ3n) is 4.85. The molecular formula is C23H26N4O3S. The SMILES string of the molecule is CC(C)CCn1c(SCC(=O)N(CCC#N)Cc2ccco2)nc2ccccc2c1=O. The molecule has 3 rings (SSSR count). The summed E-state index contributed by atoms with van der Waals surface area (Å²) in [6.45, 7) is 5.39. The Labute approximate surface area is 185 Å². The summed E-state index contributed by atoms with van der Waals surface area (Å²) in [6, 6.07) is 12.9. The fourth-order valence-electron chi connectivity index (χ4n) is 3.13. The molecule has 0 spiro atoms. The molecule has 0 unspecified atom stereocenters. The van der Waals surface area contributed by atoms with E-state index in [1.54, 1.807) is 33.9 Å². The number of thioether (sulfide) groups is 1. The van der Waals surface area contributed by atoms with E-state index in [4.69, 9.17) is 9.68 Å². The maximum atomic E-state index is 13.1. The van der Waals surface area contributed by atoms with Crippen molar-refractivity contribution in [3.05, 3.63) is 58.8 Å². The minimum Gasteiger partial charge on any atom is -0.467 e. The van der Waals surface area contributed by atoms with Crippen LogP contribution in [0, 0.1) is 17.2 Å². The maximum Gasteiger partial charge on any atom is 0.262 e. The Morgan fingerprint density at radius 2 is 2.10 bits per heavy atom. The summed E-state index contributed by atoms with van der Waals surface area (Å²) in [7, 11) is 0. The molecule has 7 nitrogen and oxygen atoms in total. The van der Waals surface area contributed by atoms with Gasteiger partial charge in [0.15, 0.2) is 5.16 Å². The first kappa shape index (κ1) is 22.6. The minimum absolute atomic E-state index is 0.0851. The number of fused-ring (bicyclic) bond motifs is 1. The van der Waals surface area contributed by atoms with Crippen molar-refractivity contribution in [3.8, 4) is 6.07 Å². The highest BCUT2D eigenvalue weighted by molar-refractivity contribution is 7.99. The number of carbonyl (C=O) groups is 1. The van der Waals surface area contributed by atoms with Crippen LogP contribution in [0.5, 0.6) is 0 Å². The van der Waals surface area contributed by atoms with Crippen LogP contribution < -0.4 is 5.56 Å². The molecule has 3 aromatic rings. The predicted molar refractivity (Wildman–Crippen MR) is 121 cm³/mol. The quantitative estimate of drug-likeness (QED) is 0.350. The molecule has 0 radical (unpaired) electrons. The van der Waals surface area contributed by atoms with Crippen molar-refractivity contribution >= 4 is 28.6 Å². The number of rotatable bonds is 10. The lowest BCUT2D eigenvalue weighted by atomic mass is 10.1. The number of benzene rings is 1. The Morgan fingerprint density at radius 1 is 1.29 bits per heavy atom. The summed E-state index contributed by atoms with van der Waals surface area (Å²) < 4.78 is 7.03. The van der Waals surface area contributed by atoms with Gasteiger partial charge in [-0.1, -0.05) is 37.7 Å². The number of furan rings is 1. The number of hydrogen-bond donors (Lipinski definition) is 0. The molecule has 0 bridgehead atoms. The topological polar surface area (TPSA) is 92.1 Å². The smallest absolute Gasteiger partial charge is 0.262 e. The summed E-state index contributed by atoms with van der Waals surface area (Å²) >= 11 is 1.26. The first-order valence-electron chi connectivity index (χ1n) is 10.3. The van der Waals surface area contributed by atoms with Crippen molar-refractivity contribution in [2.24, 2.45) is 5.92 Å². The van der Waals surface area contributed by atoms with Crippen molar-refractivity contribution in [2.75, 3.05) is 12.3 Å². The van der Waals surface area contributed by atoms with Gasteiger partial charge in [-0.2, -0.15) is 5.26 Å². The van der Waals surface area contributed by atoms with Gasteiger partial charge in [-0.25, -0.2) is 4.98 Å². The normalized spacial score (nSPS) is 11.0. The molecule has 2 heterocycles. The zero-order valence-electron chi connectivity index (χ0n) is 17.8. The van der Waals surface area contributed by atoms with Crippen LogP contribution in [0.25, 0.3) is 10.9 Å². The number of hydrogen-bond acceptors (Lipinski definition) is 6. The fourth-order valence-corrected chi connectivity index (χ4v) is 4.06. The van der Waals surface area contributed by atoms with Gasteiger partial charge in [0.1, 0.15) is 5.76 Å². The Bertz CT molecular complexity index is 1120. The summed E-state index contributed by atoms with van der Waals surface area (Å²) in [6.07, 6.45) is 2.64. The third kappa shape index (κ3) is 5.98. The molecule has 0 fully saturated rings. The first-order chi connectivity index (χ1) is 15.0. The molecule has 8 heteroatoms. The van der Waals surface area contributed by atoms with Crippen LogP contribution in [0.4, 0.5) is 0 Å². The third-order valence-corrected chi connectivity index (χ3v) is 5.82. The number of para-hydroxylation sites is 1. The Hall–Kier alpha value is -3.05. The van der Waals surface area contributed by atoms with Gasteiger partial charge in [0.2, 0.25) is 5.91 Å². The number of carbonyl (C=O) groups excluding carboxylic acids is 1. The van der Waals surface area contributed by atoms with E-state index in [2.05, 4.69) is 24.9 Å². The lowest BCUT2D eigenvalue weighted by Crippen LogP contribution is -2.33. The largest absolute Gasteiger partial charge is 0.467 e. The molecule has 0 saturated carbocycles. The van der Waals surface area contributed by atoms with Crippen LogP contribution in [0.15, 0.2) is 57.0 Å². The molecule has 1 amide bonds. The van der Waals surface area contributed by atoms with Crippen LogP contribution in [0.1, 0.15) is 32.4 Å². The maximum absolute atomic E-state index is 13.1. The molecular weight excluding hydrogens is 412 g/mol. The van der Waals surface area contributed by atoms with Crippen molar-refractivity contribution in [1.82, 2.24) is 14.5 Å². The minimum atomic E-state index is -0.130. The average molecular weight is 439 g/mol. The Morgan fingerprint density at radius 3 is 2.81 bits per heavy atom. The van der Waals surface area contributed by atoms with Crippen LogP contribution in [0.2, 0.25) is 0 Å². The van der Waals surface area contributed by atoms with E-state index < -0.39 is 0 Å². The van der Waals surface area contributed by atoms with E-state index in [-0.39, 0.29) is 23.6 Å². The monoisotopic (exact) mass is 438 g/mol. The molecule has 31 heavy (non-hydrogen) atoms. The summed E-state index contributed by atoms with van der Waals surface area (Å²) in [4.78, 5) is 32.2. The molecule has 0 atom stereocenters. The number of aromatic nitrogens is 2. The van der Waals surface area contributed by atoms with Crippen molar-refractivity contribution in [2.45, 2.75) is 44.9 Å². The Balaban J connectivity index is 1.81. The summed E-state index contributed by atoms with van der Waals surface area (Å²) in [5.41, 5.74) is 0.540. The van der Waals surface area contributed by atoms with Gasteiger partial charge in [0.25, 0.3) is 5.56 Å². The van der Waals surface area contributed by atoms with Gasteiger partial charge in [0.05, 0.1) is 42.0 Å². The second-order valence-electron chi connectivity index (χ2n) is 7.64. The highest BCUT2D eigenvalue weighted by Gasteiger charge is 2.18. The van der Waals surface area contributed by atoms with Gasteiger partial charge in [-0.3, -0.25) is 14.2 Å². The van der Waals surface area contributed by atoms with Gasteiger partial charge >= 0.3 is 0 Å². The van der Waals surface area contributed by atoms with Crippen LogP contribution >= 0.6 is 11.8 Å². The van der Waals surface area contributed by atoms with Gasteiger partial charge < -0.3 is 9.32 Å². The molecule has 0 saturated heterocycles. The van der Waals surface area contributed by atoms with Crippen LogP contribution in [-0.4, -0.2) is 32.7 Å². The van der Waals surface area contributed by atoms with E-state index in [1.165, 1.54) is 11.8 Å². The fraction of sp³-hybridized carbons (Fsp3) is 0.391. The summed E-state index contributed by atoms with van der Waals surface area (Å²) in [5.74, 6) is 1.09. The molecule has 1 aromatic carbocycles. The highest BCUT2D eigenvalue weighted by atomic mass is 32.2. The van der Waals surface area contributed by atoms with E-state index in [0.29, 0.717) is 47.4 Å². The molecule has 0 aliphatic heterocycles. The van der Waals surface area contributed by atoms with E-state index in [9.17, 15) is 9.59 Å². The van der Waals surface area contributed by atoms with Gasteiger partial charge in [-0.05, 0) is 36.6 Å². The Kier molecular flexibility index (Phi) is 7.90. The molecule has 162 valence electrons. The van der Waals surface area contributed by atoms with E-state index in [0.717, 1.165) is 6.42 Å². The van der Waals surface area contributed by atoms with E-state index in [1.807, 2.05) is 18.2 Å². The highest BCUT2D eigenvalue weighted by Crippen LogP contribution is 2.20. The van der Waals surface area contributed by atoms with Crippen LogP contribution in [0.3, 0.4) is 0 Å². The molecule has 0 N–H and O–H groups in total. The first-order valence-corrected chi connectivity index (χ1v) is 11.3. The zero-order valence-corrected chi connectivity index (χ0v) is 18.6. The number of nitriles is 1. The molecule has 2 aromatic heterocycles. The summed E-state index contributed by atoms with van der Waals surface area (Å²) in [5, 5.41) is 10.1. The molecule has 0 aliphatic rings. The van der Waals surface area contributed by atoms with E-state index >= 15 is 0 Å². The standard InChI is InChI=1S/C23H26N4O3S/c1-17(2)10-13-27-22(29)19-8-3-4-9-20(19)25-23(27)31-16-21(28)26(12-6-11-24)15-18-7-5-14-30-18/h3-5,7-9,14,17H,6,10,12-13,15-16H2,1-2H3. The zero-order chi connectivity index (χ0) is 22.2. The molecule has 0 aliphatic carbocycles. The number of amides is 1. The van der Waals surface area contributed by atoms with Gasteiger partial charge in [0, 0.05) is 13.1 Å². The van der Waals surface area contributed by atoms with Crippen LogP contribution in [-0.2, 0) is 17.9 Å². The lowest BCUT2D eigenvalue weighted by molar-refractivity contribution is -0.129. The van der Waals surface area contributed by atoms with Crippen molar-refractivity contribution in [3.63, 3.8) is 0 Å². The van der Waals surface area contributed by atoms with Gasteiger partial charge in [-0.15, -0.1) is 0 Å². The lowest BCUT2D eigenvalue weighted by Gasteiger charge is -2.21. The van der Waals surface area contributed by atoms with Crippen molar-refractivity contribution < 1.29 is 9.21 Å². The second kappa shape index (κ2) is 10.8.